The third kappa shape index (κ3) is 4.50. The summed E-state index contributed by atoms with van der Waals surface area (Å²) < 4.78 is 7.60. The number of carbonyl (C=O) groups is 1. The predicted molar refractivity (Wildman–Crippen MR) is 141 cm³/mol. The normalized spacial score (nSPS) is 15.6. The van der Waals surface area contributed by atoms with Gasteiger partial charge in [-0.2, -0.15) is 5.10 Å². The Kier molecular flexibility index (Phi) is 6.74. The van der Waals surface area contributed by atoms with Crippen molar-refractivity contribution < 1.29 is 9.53 Å². The van der Waals surface area contributed by atoms with Crippen molar-refractivity contribution in [1.29, 1.82) is 0 Å². The molecule has 0 aliphatic carbocycles. The Labute approximate surface area is 208 Å². The van der Waals surface area contributed by atoms with E-state index < -0.39 is 0 Å². The lowest BCUT2D eigenvalue weighted by Gasteiger charge is -2.22. The minimum absolute atomic E-state index is 0.0182. The van der Waals surface area contributed by atoms with E-state index >= 15 is 0 Å². The molecule has 1 aliphatic rings. The van der Waals surface area contributed by atoms with Crippen molar-refractivity contribution in [2.24, 2.45) is 5.10 Å². The van der Waals surface area contributed by atoms with E-state index in [1.807, 2.05) is 35.7 Å². The molecule has 3 heterocycles. The third-order valence-electron chi connectivity index (χ3n) is 6.04. The highest BCUT2D eigenvalue weighted by molar-refractivity contribution is 8.00. The van der Waals surface area contributed by atoms with Gasteiger partial charge in [0.25, 0.3) is 5.91 Å². The zero-order valence-electron chi connectivity index (χ0n) is 19.3. The summed E-state index contributed by atoms with van der Waals surface area (Å²) in [5, 5.41) is 9.74. The van der Waals surface area contributed by atoms with Gasteiger partial charge in [-0.15, -0.1) is 23.1 Å². The fourth-order valence-electron chi connectivity index (χ4n) is 4.38. The maximum Gasteiger partial charge on any atom is 0.253 e. The molecule has 1 aliphatic heterocycles. The van der Waals surface area contributed by atoms with Crippen molar-refractivity contribution in [2.75, 3.05) is 12.9 Å². The van der Waals surface area contributed by atoms with Crippen LogP contribution in [0.15, 0.2) is 82.2 Å². The molecule has 0 radical (unpaired) electrons. The van der Waals surface area contributed by atoms with Crippen LogP contribution < -0.4 is 4.74 Å². The molecule has 0 spiro atoms. The number of fused-ring (bicyclic) bond motifs is 1. The van der Waals surface area contributed by atoms with Gasteiger partial charge in [-0.05, 0) is 41.6 Å². The predicted octanol–water partition coefficient (Wildman–Crippen LogP) is 6.59. The molecule has 5 rings (SSSR count). The first kappa shape index (κ1) is 22.7. The van der Waals surface area contributed by atoms with Crippen LogP contribution in [0.5, 0.6) is 5.75 Å². The summed E-state index contributed by atoms with van der Waals surface area (Å²) in [6.45, 7) is 3.15. The van der Waals surface area contributed by atoms with Crippen LogP contribution in [-0.2, 0) is 11.3 Å². The number of ether oxygens (including phenoxy) is 1. The maximum atomic E-state index is 13.5. The topological polar surface area (TPSA) is 46.8 Å². The Morgan fingerprint density at radius 1 is 1.15 bits per heavy atom. The van der Waals surface area contributed by atoms with Crippen molar-refractivity contribution in [3.63, 3.8) is 0 Å². The monoisotopic (exact) mass is 489 g/mol. The molecule has 0 saturated heterocycles. The highest BCUT2D eigenvalue weighted by Gasteiger charge is 2.33. The minimum Gasteiger partial charge on any atom is -0.497 e. The molecule has 2 aromatic carbocycles. The van der Waals surface area contributed by atoms with Gasteiger partial charge in [0.15, 0.2) is 0 Å². The van der Waals surface area contributed by atoms with E-state index in [4.69, 9.17) is 9.84 Å². The molecular formula is C27H27N3O2S2. The smallest absolute Gasteiger partial charge is 0.253 e. The van der Waals surface area contributed by atoms with Crippen LogP contribution in [0.3, 0.4) is 0 Å². The van der Waals surface area contributed by atoms with Gasteiger partial charge in [-0.25, -0.2) is 5.01 Å². The number of methoxy groups -OCH3 is 1. The Balaban J connectivity index is 1.39. The largest absolute Gasteiger partial charge is 0.497 e. The summed E-state index contributed by atoms with van der Waals surface area (Å²) in [4.78, 5) is 15.7. The van der Waals surface area contributed by atoms with Gasteiger partial charge < -0.3 is 9.30 Å². The van der Waals surface area contributed by atoms with Crippen LogP contribution in [-0.4, -0.2) is 34.1 Å². The maximum absolute atomic E-state index is 13.5. The summed E-state index contributed by atoms with van der Waals surface area (Å²) in [5.41, 5.74) is 3.25. The molecule has 174 valence electrons. The Morgan fingerprint density at radius 3 is 2.71 bits per heavy atom. The van der Waals surface area contributed by atoms with Gasteiger partial charge in [0.05, 0.1) is 29.5 Å². The Morgan fingerprint density at radius 2 is 1.97 bits per heavy atom. The van der Waals surface area contributed by atoms with Crippen molar-refractivity contribution in [3.8, 4) is 5.75 Å². The van der Waals surface area contributed by atoms with Gasteiger partial charge in [0.1, 0.15) is 5.75 Å². The summed E-state index contributed by atoms with van der Waals surface area (Å²) >= 11 is 3.25. The zero-order chi connectivity index (χ0) is 23.5. The van der Waals surface area contributed by atoms with E-state index in [-0.39, 0.29) is 11.9 Å². The quantitative estimate of drug-likeness (QED) is 0.262. The molecule has 0 saturated carbocycles. The van der Waals surface area contributed by atoms with Gasteiger partial charge in [-0.1, -0.05) is 43.3 Å². The molecule has 4 aromatic rings. The average molecular weight is 490 g/mol. The van der Waals surface area contributed by atoms with Gasteiger partial charge >= 0.3 is 0 Å². The Hall–Kier alpha value is -3.03. The highest BCUT2D eigenvalue weighted by Crippen LogP contribution is 2.36. The summed E-state index contributed by atoms with van der Waals surface area (Å²) in [6, 6.07) is 20.3. The summed E-state index contributed by atoms with van der Waals surface area (Å²) in [6.07, 6.45) is 3.95. The molecule has 1 amide bonds. The van der Waals surface area contributed by atoms with Crippen LogP contribution in [0, 0.1) is 0 Å². The van der Waals surface area contributed by atoms with E-state index in [1.54, 1.807) is 35.2 Å². The molecule has 0 bridgehead atoms. The molecule has 2 aromatic heterocycles. The molecule has 0 fully saturated rings. The number of hydrazone groups is 1. The number of nitrogens with zero attached hydrogens (tertiary/aromatic N) is 3. The standard InChI is InChI=1S/C27H27N3O2S2/c1-3-14-29-17-26(21-7-4-5-8-23(21)29)34-18-27(31)30-24(19-10-12-20(32-2)13-11-19)16-22(28-30)25-9-6-15-33-25/h4-13,15,17,24H,3,14,16,18H2,1-2H3. The Bertz CT molecular complexity index is 1310. The van der Waals surface area contributed by atoms with Crippen molar-refractivity contribution >= 4 is 45.6 Å². The molecule has 0 N–H and O–H groups in total. The number of carbonyl (C=O) groups excluding carboxylic acids is 1. The lowest BCUT2D eigenvalue weighted by Crippen LogP contribution is -2.28. The second kappa shape index (κ2) is 10.1. The number of thioether (sulfide) groups is 1. The average Bonchev–Trinajstić information content (AvgIpc) is 3.62. The second-order valence-corrected chi connectivity index (χ2v) is 10.2. The first-order valence-corrected chi connectivity index (χ1v) is 13.3. The van der Waals surface area contributed by atoms with Crippen molar-refractivity contribution in [2.45, 2.75) is 37.2 Å². The number of thiophene rings is 1. The fraction of sp³-hybridized carbons (Fsp3) is 0.259. The molecule has 1 unspecified atom stereocenters. The lowest BCUT2D eigenvalue weighted by molar-refractivity contribution is -0.130. The first-order valence-electron chi connectivity index (χ1n) is 11.5. The third-order valence-corrected chi connectivity index (χ3v) is 7.99. The number of aryl methyl sites for hydroxylation is 1. The minimum atomic E-state index is -0.113. The first-order chi connectivity index (χ1) is 16.7. The number of benzene rings is 2. The van der Waals surface area contributed by atoms with Crippen LogP contribution in [0.4, 0.5) is 0 Å². The van der Waals surface area contributed by atoms with E-state index in [0.29, 0.717) is 12.2 Å². The van der Waals surface area contributed by atoms with E-state index in [2.05, 4.69) is 48.0 Å². The number of aromatic nitrogens is 1. The number of rotatable bonds is 8. The summed E-state index contributed by atoms with van der Waals surface area (Å²) in [7, 11) is 1.66. The SMILES string of the molecule is CCCn1cc(SCC(=O)N2N=C(c3cccs3)CC2c2ccc(OC)cc2)c2ccccc21. The van der Waals surface area contributed by atoms with Crippen molar-refractivity contribution in [1.82, 2.24) is 9.58 Å². The van der Waals surface area contributed by atoms with E-state index in [9.17, 15) is 4.79 Å². The lowest BCUT2D eigenvalue weighted by atomic mass is 10.0. The highest BCUT2D eigenvalue weighted by atomic mass is 32.2. The molecule has 34 heavy (non-hydrogen) atoms. The van der Waals surface area contributed by atoms with Gasteiger partial charge in [0.2, 0.25) is 0 Å². The number of para-hydroxylation sites is 1. The van der Waals surface area contributed by atoms with E-state index in [1.165, 1.54) is 10.9 Å². The van der Waals surface area contributed by atoms with Crippen LogP contribution >= 0.6 is 23.1 Å². The fourth-order valence-corrected chi connectivity index (χ4v) is 6.04. The number of hydrogen-bond donors (Lipinski definition) is 0. The van der Waals surface area contributed by atoms with Crippen LogP contribution in [0.25, 0.3) is 10.9 Å². The molecule has 5 nitrogen and oxygen atoms in total. The van der Waals surface area contributed by atoms with Crippen LogP contribution in [0.2, 0.25) is 0 Å². The summed E-state index contributed by atoms with van der Waals surface area (Å²) in [5.74, 6) is 1.16. The zero-order valence-corrected chi connectivity index (χ0v) is 20.9. The number of hydrogen-bond acceptors (Lipinski definition) is 5. The van der Waals surface area contributed by atoms with Gasteiger partial charge in [-0.3, -0.25) is 4.79 Å². The molecular weight excluding hydrogens is 462 g/mol. The number of amides is 1. The van der Waals surface area contributed by atoms with Gasteiger partial charge in [0, 0.05) is 35.0 Å². The van der Waals surface area contributed by atoms with E-state index in [0.717, 1.165) is 39.8 Å². The van der Waals surface area contributed by atoms with Crippen molar-refractivity contribution in [3.05, 3.63) is 82.7 Å². The van der Waals surface area contributed by atoms with Crippen LogP contribution in [0.1, 0.15) is 36.2 Å². The second-order valence-electron chi connectivity index (χ2n) is 8.25. The molecule has 7 heteroatoms. The molecule has 1 atom stereocenters.